The summed E-state index contributed by atoms with van der Waals surface area (Å²) in [4.78, 5) is 11.5. The maximum Gasteiger partial charge on any atom is 0.408 e. The molecule has 0 aromatic rings. The Labute approximate surface area is 107 Å². The third-order valence-electron chi connectivity index (χ3n) is 1.81. The summed E-state index contributed by atoms with van der Waals surface area (Å²) in [6.07, 6.45) is -0.354. The molecule has 1 N–H and O–H groups in total. The van der Waals surface area contributed by atoms with Gasteiger partial charge in [0.2, 0.25) is 9.05 Å². The average Bonchev–Trinajstić information content (AvgIpc) is 1.94. The first-order valence-electron chi connectivity index (χ1n) is 5.24. The van der Waals surface area contributed by atoms with Gasteiger partial charge in [0, 0.05) is 16.2 Å². The van der Waals surface area contributed by atoms with Crippen molar-refractivity contribution in [2.45, 2.75) is 52.2 Å². The van der Waals surface area contributed by atoms with Gasteiger partial charge in [-0.25, -0.2) is 13.2 Å². The van der Waals surface area contributed by atoms with E-state index in [0.29, 0.717) is 0 Å². The van der Waals surface area contributed by atoms with E-state index in [0.717, 1.165) is 0 Å². The van der Waals surface area contributed by atoms with E-state index in [1.165, 1.54) is 0 Å². The summed E-state index contributed by atoms with van der Waals surface area (Å²) in [7, 11) is 1.56. The Bertz CT molecular complexity index is 370. The zero-order chi connectivity index (χ0) is 13.9. The summed E-state index contributed by atoms with van der Waals surface area (Å²) in [5.41, 5.74) is -1.27. The Morgan fingerprint density at radius 1 is 1.24 bits per heavy atom. The lowest BCUT2D eigenvalue weighted by molar-refractivity contribution is 0.0470. The number of alkyl carbamates (subject to hydrolysis) is 1. The van der Waals surface area contributed by atoms with Crippen LogP contribution in [-0.4, -0.2) is 31.4 Å². The van der Waals surface area contributed by atoms with E-state index in [1.807, 2.05) is 0 Å². The van der Waals surface area contributed by atoms with Crippen molar-refractivity contribution in [1.29, 1.82) is 0 Å². The van der Waals surface area contributed by atoms with Crippen LogP contribution < -0.4 is 5.32 Å². The van der Waals surface area contributed by atoms with Crippen LogP contribution in [0.3, 0.4) is 0 Å². The summed E-state index contributed by atoms with van der Waals surface area (Å²) >= 11 is 0. The highest BCUT2D eigenvalue weighted by molar-refractivity contribution is 8.13. The normalized spacial score (nSPS) is 13.3. The van der Waals surface area contributed by atoms with E-state index in [-0.39, 0.29) is 12.2 Å². The van der Waals surface area contributed by atoms with Crippen molar-refractivity contribution >= 4 is 25.8 Å². The topological polar surface area (TPSA) is 72.5 Å². The smallest absolute Gasteiger partial charge is 0.408 e. The van der Waals surface area contributed by atoms with Crippen LogP contribution in [0.5, 0.6) is 0 Å². The highest BCUT2D eigenvalue weighted by Crippen LogP contribution is 2.14. The Kier molecular flexibility index (Phi) is 5.28. The second kappa shape index (κ2) is 5.44. The molecule has 1 amide bonds. The third-order valence-corrected chi connectivity index (χ3v) is 2.96. The molecule has 0 aliphatic heterocycles. The van der Waals surface area contributed by atoms with Gasteiger partial charge in [-0.05, 0) is 41.0 Å². The minimum atomic E-state index is -3.55. The van der Waals surface area contributed by atoms with E-state index >= 15 is 0 Å². The molecule has 0 aromatic heterocycles. The standard InChI is InChI=1S/C10H20ClNO4S/c1-9(2,3)16-8(13)12-10(4,5)6-7-17(11,14)15/h6-7H2,1-5H3,(H,12,13). The molecule has 0 radical (unpaired) electrons. The van der Waals surface area contributed by atoms with Gasteiger partial charge < -0.3 is 10.1 Å². The minimum absolute atomic E-state index is 0.197. The van der Waals surface area contributed by atoms with Crippen molar-refractivity contribution in [3.05, 3.63) is 0 Å². The van der Waals surface area contributed by atoms with Gasteiger partial charge in [-0.1, -0.05) is 0 Å². The number of carbonyl (C=O) groups excluding carboxylic acids is 1. The molecule has 0 heterocycles. The fraction of sp³-hybridized carbons (Fsp3) is 0.900. The van der Waals surface area contributed by atoms with Gasteiger partial charge in [-0.2, -0.15) is 0 Å². The molecule has 102 valence electrons. The van der Waals surface area contributed by atoms with Crippen molar-refractivity contribution in [3.8, 4) is 0 Å². The summed E-state index contributed by atoms with van der Waals surface area (Å²) in [6.45, 7) is 8.67. The molecule has 0 saturated heterocycles. The Morgan fingerprint density at radius 3 is 2.06 bits per heavy atom. The Morgan fingerprint density at radius 2 is 1.71 bits per heavy atom. The van der Waals surface area contributed by atoms with Gasteiger partial charge in [-0.3, -0.25) is 0 Å². The van der Waals surface area contributed by atoms with Crippen molar-refractivity contribution in [3.63, 3.8) is 0 Å². The van der Waals surface area contributed by atoms with Gasteiger partial charge in [-0.15, -0.1) is 0 Å². The molecule has 0 aliphatic rings. The summed E-state index contributed by atoms with van der Waals surface area (Å²) in [6, 6.07) is 0. The highest BCUT2D eigenvalue weighted by atomic mass is 35.7. The van der Waals surface area contributed by atoms with Crippen molar-refractivity contribution in [2.75, 3.05) is 5.75 Å². The molecule has 0 spiro atoms. The monoisotopic (exact) mass is 285 g/mol. The zero-order valence-electron chi connectivity index (χ0n) is 10.8. The molecule has 0 aromatic carbocycles. The van der Waals surface area contributed by atoms with Crippen LogP contribution in [0.1, 0.15) is 41.0 Å². The van der Waals surface area contributed by atoms with Crippen LogP contribution in [0.25, 0.3) is 0 Å². The minimum Gasteiger partial charge on any atom is -0.444 e. The first kappa shape index (κ1) is 16.5. The Balaban J connectivity index is 4.31. The lowest BCUT2D eigenvalue weighted by Gasteiger charge is -2.28. The third kappa shape index (κ3) is 10.4. The highest BCUT2D eigenvalue weighted by Gasteiger charge is 2.25. The molecule has 0 aliphatic carbocycles. The van der Waals surface area contributed by atoms with Crippen molar-refractivity contribution < 1.29 is 17.9 Å². The van der Waals surface area contributed by atoms with Crippen LogP contribution in [0, 0.1) is 0 Å². The molecule has 0 unspecified atom stereocenters. The SMILES string of the molecule is CC(C)(CCS(=O)(=O)Cl)NC(=O)OC(C)(C)C. The number of carbonyl (C=O) groups is 1. The molecule has 0 atom stereocenters. The fourth-order valence-corrected chi connectivity index (χ4v) is 2.01. The fourth-order valence-electron chi connectivity index (χ4n) is 1.02. The predicted octanol–water partition coefficient (Wildman–Crippen LogP) is 2.25. The van der Waals surface area contributed by atoms with E-state index in [2.05, 4.69) is 5.32 Å². The second-order valence-corrected chi connectivity index (χ2v) is 8.40. The number of ether oxygens (including phenoxy) is 1. The second-order valence-electron chi connectivity index (χ2n) is 5.50. The van der Waals surface area contributed by atoms with Gasteiger partial charge in [0.15, 0.2) is 0 Å². The molecule has 0 fully saturated rings. The number of amides is 1. The van der Waals surface area contributed by atoms with E-state index in [4.69, 9.17) is 15.4 Å². The summed E-state index contributed by atoms with van der Waals surface area (Å²) in [5, 5.41) is 2.60. The summed E-state index contributed by atoms with van der Waals surface area (Å²) in [5.74, 6) is -0.197. The van der Waals surface area contributed by atoms with Crippen molar-refractivity contribution in [2.24, 2.45) is 0 Å². The van der Waals surface area contributed by atoms with E-state index in [9.17, 15) is 13.2 Å². The van der Waals surface area contributed by atoms with Gasteiger partial charge >= 0.3 is 6.09 Å². The molecular weight excluding hydrogens is 266 g/mol. The molecule has 5 nitrogen and oxygen atoms in total. The largest absolute Gasteiger partial charge is 0.444 e. The summed E-state index contributed by atoms with van der Waals surface area (Å²) < 4.78 is 26.7. The van der Waals surface area contributed by atoms with Crippen LogP contribution >= 0.6 is 10.7 Å². The van der Waals surface area contributed by atoms with Gasteiger partial charge in [0.1, 0.15) is 5.60 Å². The maximum absolute atomic E-state index is 11.5. The average molecular weight is 286 g/mol. The molecule has 17 heavy (non-hydrogen) atoms. The first-order valence-corrected chi connectivity index (χ1v) is 7.72. The number of hydrogen-bond donors (Lipinski definition) is 1. The molecule has 0 rings (SSSR count). The number of halogens is 1. The predicted molar refractivity (Wildman–Crippen MR) is 67.7 cm³/mol. The Hall–Kier alpha value is -0.490. The first-order chi connectivity index (χ1) is 7.31. The number of rotatable bonds is 4. The van der Waals surface area contributed by atoms with Crippen LogP contribution in [-0.2, 0) is 13.8 Å². The van der Waals surface area contributed by atoms with Crippen LogP contribution in [0.4, 0.5) is 4.79 Å². The van der Waals surface area contributed by atoms with E-state index < -0.39 is 26.3 Å². The van der Waals surface area contributed by atoms with Crippen LogP contribution in [0.2, 0.25) is 0 Å². The molecule has 0 bridgehead atoms. The van der Waals surface area contributed by atoms with Gasteiger partial charge in [0.25, 0.3) is 0 Å². The lowest BCUT2D eigenvalue weighted by Crippen LogP contribution is -2.46. The van der Waals surface area contributed by atoms with E-state index in [1.54, 1.807) is 34.6 Å². The quantitative estimate of drug-likeness (QED) is 0.804. The number of hydrogen-bond acceptors (Lipinski definition) is 4. The van der Waals surface area contributed by atoms with Crippen molar-refractivity contribution in [1.82, 2.24) is 5.32 Å². The lowest BCUT2D eigenvalue weighted by atomic mass is 10.0. The molecule has 7 heteroatoms. The molecule has 0 saturated carbocycles. The zero-order valence-corrected chi connectivity index (χ0v) is 12.4. The molecular formula is C10H20ClNO4S. The van der Waals surface area contributed by atoms with Crippen LogP contribution in [0.15, 0.2) is 0 Å². The number of nitrogens with one attached hydrogen (secondary N) is 1. The van der Waals surface area contributed by atoms with Gasteiger partial charge in [0.05, 0.1) is 5.75 Å². The maximum atomic E-state index is 11.5.